The predicted molar refractivity (Wildman–Crippen MR) is 212 cm³/mol. The van der Waals surface area contributed by atoms with Crippen LogP contribution in [0.1, 0.15) is 0 Å². The molecule has 238 valence electrons. The highest BCUT2D eigenvalue weighted by Crippen LogP contribution is 2.41. The van der Waals surface area contributed by atoms with Crippen LogP contribution in [0.15, 0.2) is 186 Å². The van der Waals surface area contributed by atoms with Gasteiger partial charge in [-0.15, -0.1) is 0 Å². The lowest BCUT2D eigenvalue weighted by atomic mass is 9.96. The van der Waals surface area contributed by atoms with Crippen LogP contribution in [0, 0.1) is 0 Å². The van der Waals surface area contributed by atoms with Gasteiger partial charge in [0.2, 0.25) is 5.71 Å². The zero-order valence-corrected chi connectivity index (χ0v) is 27.6. The van der Waals surface area contributed by atoms with Crippen molar-refractivity contribution in [3.63, 3.8) is 0 Å². The summed E-state index contributed by atoms with van der Waals surface area (Å²) < 4.78 is 6.67. The van der Waals surface area contributed by atoms with Gasteiger partial charge in [0.05, 0.1) is 11.1 Å². The summed E-state index contributed by atoms with van der Waals surface area (Å²) in [6, 6.07) is 64.0. The number of hydrogen-bond donors (Lipinski definition) is 0. The van der Waals surface area contributed by atoms with E-state index in [2.05, 4.69) is 176 Å². The summed E-state index contributed by atoms with van der Waals surface area (Å²) in [4.78, 5) is 10.5. The van der Waals surface area contributed by atoms with E-state index >= 15 is 0 Å². The molecule has 0 fully saturated rings. The first kappa shape index (κ1) is 29.1. The second-order valence-electron chi connectivity index (χ2n) is 13.0. The fourth-order valence-corrected chi connectivity index (χ4v) is 7.36. The Balaban J connectivity index is 1.11. The van der Waals surface area contributed by atoms with Crippen molar-refractivity contribution < 1.29 is 4.42 Å². The van der Waals surface area contributed by atoms with Gasteiger partial charge < -0.3 is 4.42 Å². The molecule has 0 aliphatic carbocycles. The lowest BCUT2D eigenvalue weighted by molar-refractivity contribution is 0.657. The molecule has 0 saturated carbocycles. The standard InChI is InChI=1S/C48H30N2O/c1-2-11-31(12-3-1)32-23-25-33(26-24-32)36-16-8-17-37(29-36)38-18-9-19-39(30-38)47-49-45(42-22-10-15-34-13-4-6-20-40(34)42)44-43-28-27-35-14-5-7-21-41(35)46(43)51-48(44)50-47/h1-30H. The molecule has 10 aromatic rings. The Morgan fingerprint density at radius 3 is 1.65 bits per heavy atom. The maximum absolute atomic E-state index is 6.67. The van der Waals surface area contributed by atoms with Crippen molar-refractivity contribution in [2.45, 2.75) is 0 Å². The minimum absolute atomic E-state index is 0.584. The Hall–Kier alpha value is -6.84. The molecule has 10 rings (SSSR count). The van der Waals surface area contributed by atoms with Crippen molar-refractivity contribution in [3.8, 4) is 56.0 Å². The van der Waals surface area contributed by atoms with Gasteiger partial charge in [0.1, 0.15) is 5.58 Å². The molecule has 51 heavy (non-hydrogen) atoms. The largest absolute Gasteiger partial charge is 0.437 e. The van der Waals surface area contributed by atoms with Gasteiger partial charge in [-0.2, -0.15) is 4.98 Å². The monoisotopic (exact) mass is 650 g/mol. The third kappa shape index (κ3) is 5.06. The molecule has 2 aromatic heterocycles. The number of hydrogen-bond acceptors (Lipinski definition) is 3. The van der Waals surface area contributed by atoms with Crippen LogP contribution in [0.25, 0.3) is 99.6 Å². The average Bonchev–Trinajstić information content (AvgIpc) is 3.60. The Labute approximate surface area is 295 Å². The highest BCUT2D eigenvalue weighted by atomic mass is 16.3. The number of fused-ring (bicyclic) bond motifs is 6. The molecule has 0 saturated heterocycles. The molecular formula is C48H30N2O. The van der Waals surface area contributed by atoms with E-state index in [1.807, 2.05) is 6.07 Å². The van der Waals surface area contributed by atoms with E-state index in [0.29, 0.717) is 11.5 Å². The van der Waals surface area contributed by atoms with Crippen LogP contribution in [0.2, 0.25) is 0 Å². The minimum atomic E-state index is 0.584. The quantitative estimate of drug-likeness (QED) is 0.186. The molecule has 8 aromatic carbocycles. The third-order valence-electron chi connectivity index (χ3n) is 9.91. The number of aromatic nitrogens is 2. The molecule has 0 N–H and O–H groups in total. The van der Waals surface area contributed by atoms with Gasteiger partial charge in [0.25, 0.3) is 0 Å². The smallest absolute Gasteiger partial charge is 0.231 e. The highest BCUT2D eigenvalue weighted by Gasteiger charge is 2.21. The number of furan rings is 1. The lowest BCUT2D eigenvalue weighted by Gasteiger charge is -2.11. The van der Waals surface area contributed by atoms with Crippen molar-refractivity contribution in [2.24, 2.45) is 0 Å². The molecule has 0 spiro atoms. The van der Waals surface area contributed by atoms with Gasteiger partial charge in [-0.05, 0) is 67.7 Å². The normalized spacial score (nSPS) is 11.5. The van der Waals surface area contributed by atoms with E-state index in [1.54, 1.807) is 0 Å². The molecule has 3 nitrogen and oxygen atoms in total. The van der Waals surface area contributed by atoms with Gasteiger partial charge in [0, 0.05) is 21.9 Å². The summed E-state index contributed by atoms with van der Waals surface area (Å²) in [5, 5.41) is 6.45. The zero-order chi connectivity index (χ0) is 33.7. The van der Waals surface area contributed by atoms with Gasteiger partial charge in [-0.25, -0.2) is 4.98 Å². The molecular weight excluding hydrogens is 621 g/mol. The van der Waals surface area contributed by atoms with Gasteiger partial charge in [0.15, 0.2) is 5.82 Å². The summed E-state index contributed by atoms with van der Waals surface area (Å²) in [7, 11) is 0. The number of benzene rings is 8. The summed E-state index contributed by atoms with van der Waals surface area (Å²) in [6.07, 6.45) is 0. The summed E-state index contributed by atoms with van der Waals surface area (Å²) in [5.74, 6) is 0.628. The van der Waals surface area contributed by atoms with E-state index < -0.39 is 0 Å². The van der Waals surface area contributed by atoms with Crippen LogP contribution in [-0.4, -0.2) is 9.97 Å². The Morgan fingerprint density at radius 1 is 0.353 bits per heavy atom. The minimum Gasteiger partial charge on any atom is -0.437 e. The molecule has 0 atom stereocenters. The van der Waals surface area contributed by atoms with Crippen molar-refractivity contribution in [3.05, 3.63) is 182 Å². The Bertz CT molecular complexity index is 2900. The van der Waals surface area contributed by atoms with Crippen molar-refractivity contribution in [2.75, 3.05) is 0 Å². The number of nitrogens with zero attached hydrogens (tertiary/aromatic N) is 2. The zero-order valence-electron chi connectivity index (χ0n) is 27.6. The summed E-state index contributed by atoms with van der Waals surface area (Å²) >= 11 is 0. The van der Waals surface area contributed by atoms with Crippen molar-refractivity contribution >= 4 is 43.6 Å². The van der Waals surface area contributed by atoms with E-state index in [-0.39, 0.29) is 0 Å². The second-order valence-corrected chi connectivity index (χ2v) is 13.0. The van der Waals surface area contributed by atoms with Crippen LogP contribution >= 0.6 is 0 Å². The van der Waals surface area contributed by atoms with Gasteiger partial charge >= 0.3 is 0 Å². The first-order valence-electron chi connectivity index (χ1n) is 17.2. The Kier molecular flexibility index (Phi) is 6.81. The van der Waals surface area contributed by atoms with E-state index in [4.69, 9.17) is 14.4 Å². The maximum Gasteiger partial charge on any atom is 0.231 e. The van der Waals surface area contributed by atoms with Crippen LogP contribution in [0.4, 0.5) is 0 Å². The lowest BCUT2D eigenvalue weighted by Crippen LogP contribution is -1.95. The Morgan fingerprint density at radius 2 is 0.882 bits per heavy atom. The molecule has 2 heterocycles. The van der Waals surface area contributed by atoms with E-state index in [0.717, 1.165) is 65.8 Å². The number of rotatable bonds is 5. The topological polar surface area (TPSA) is 38.9 Å². The fourth-order valence-electron chi connectivity index (χ4n) is 7.36. The molecule has 0 bridgehead atoms. The van der Waals surface area contributed by atoms with Crippen LogP contribution < -0.4 is 0 Å². The maximum atomic E-state index is 6.67. The molecule has 0 amide bonds. The first-order chi connectivity index (χ1) is 25.3. The SMILES string of the molecule is c1ccc(-c2ccc(-c3cccc(-c4cccc(-c5nc(-c6cccc7ccccc67)c6c(n5)oc5c7ccccc7ccc56)c4)c3)cc2)cc1. The van der Waals surface area contributed by atoms with E-state index in [9.17, 15) is 0 Å². The first-order valence-corrected chi connectivity index (χ1v) is 17.2. The van der Waals surface area contributed by atoms with E-state index in [1.165, 1.54) is 22.3 Å². The second kappa shape index (κ2) is 11.9. The summed E-state index contributed by atoms with van der Waals surface area (Å²) in [6.45, 7) is 0. The van der Waals surface area contributed by atoms with Gasteiger partial charge in [-0.3, -0.25) is 0 Å². The molecule has 0 radical (unpaired) electrons. The summed E-state index contributed by atoms with van der Waals surface area (Å²) in [5.41, 5.74) is 11.3. The van der Waals surface area contributed by atoms with Crippen molar-refractivity contribution in [1.29, 1.82) is 0 Å². The molecule has 0 aliphatic rings. The third-order valence-corrected chi connectivity index (χ3v) is 9.91. The van der Waals surface area contributed by atoms with Crippen LogP contribution in [0.5, 0.6) is 0 Å². The van der Waals surface area contributed by atoms with Gasteiger partial charge in [-0.1, -0.05) is 164 Å². The molecule has 0 unspecified atom stereocenters. The average molecular weight is 651 g/mol. The predicted octanol–water partition coefficient (Wildman–Crippen LogP) is 13.0. The van der Waals surface area contributed by atoms with Crippen LogP contribution in [-0.2, 0) is 0 Å². The van der Waals surface area contributed by atoms with Crippen molar-refractivity contribution in [1.82, 2.24) is 9.97 Å². The molecule has 3 heteroatoms. The van der Waals surface area contributed by atoms with Crippen LogP contribution in [0.3, 0.4) is 0 Å². The molecule has 0 aliphatic heterocycles. The highest BCUT2D eigenvalue weighted by molar-refractivity contribution is 6.19. The fraction of sp³-hybridized carbons (Fsp3) is 0.